The maximum Gasteiger partial charge on any atom is 0.159 e. The number of hydrogen-bond donors (Lipinski definition) is 1. The number of nitrogens with zero attached hydrogens (tertiary/aromatic N) is 3. The zero-order valence-electron chi connectivity index (χ0n) is 11.5. The van der Waals surface area contributed by atoms with Gasteiger partial charge in [0.15, 0.2) is 17.5 Å². The van der Waals surface area contributed by atoms with Crippen LogP contribution in [-0.2, 0) is 0 Å². The van der Waals surface area contributed by atoms with E-state index in [4.69, 9.17) is 5.73 Å². The molecule has 1 fully saturated rings. The van der Waals surface area contributed by atoms with Gasteiger partial charge in [-0.15, -0.1) is 0 Å². The van der Waals surface area contributed by atoms with E-state index in [1.165, 1.54) is 18.8 Å². The average Bonchev–Trinajstić information content (AvgIpc) is 2.51. The third-order valence-electron chi connectivity index (χ3n) is 3.71. The van der Waals surface area contributed by atoms with Crippen LogP contribution in [0.15, 0.2) is 24.5 Å². The van der Waals surface area contributed by atoms with Crippen LogP contribution in [0.1, 0.15) is 19.3 Å². The minimum atomic E-state index is -0.912. The molecule has 0 bridgehead atoms. The van der Waals surface area contributed by atoms with Crippen molar-refractivity contribution in [3.8, 4) is 11.3 Å². The zero-order valence-corrected chi connectivity index (χ0v) is 11.5. The Bertz CT molecular complexity index is 654. The van der Waals surface area contributed by atoms with Crippen molar-refractivity contribution in [1.82, 2.24) is 9.97 Å². The summed E-state index contributed by atoms with van der Waals surface area (Å²) in [6.45, 7) is 1.80. The van der Waals surface area contributed by atoms with Gasteiger partial charge in [-0.3, -0.25) is 0 Å². The molecule has 0 radical (unpaired) electrons. The molecule has 1 aliphatic rings. The summed E-state index contributed by atoms with van der Waals surface area (Å²) in [5.41, 5.74) is 7.44. The van der Waals surface area contributed by atoms with E-state index in [-0.39, 0.29) is 0 Å². The summed E-state index contributed by atoms with van der Waals surface area (Å²) >= 11 is 0. The summed E-state index contributed by atoms with van der Waals surface area (Å²) in [6.07, 6.45) is 4.82. The van der Waals surface area contributed by atoms with E-state index in [1.807, 2.05) is 0 Å². The smallest absolute Gasteiger partial charge is 0.159 e. The molecule has 3 rings (SSSR count). The first-order valence-corrected chi connectivity index (χ1v) is 6.97. The number of anilines is 2. The summed E-state index contributed by atoms with van der Waals surface area (Å²) in [6, 6.07) is 3.65. The van der Waals surface area contributed by atoms with Crippen LogP contribution in [0.2, 0.25) is 0 Å². The van der Waals surface area contributed by atoms with Crippen LogP contribution in [0, 0.1) is 11.6 Å². The number of rotatable bonds is 2. The molecule has 0 aliphatic carbocycles. The summed E-state index contributed by atoms with van der Waals surface area (Å²) in [7, 11) is 0. The minimum absolute atomic E-state index is 0.408. The lowest BCUT2D eigenvalue weighted by Crippen LogP contribution is -2.31. The van der Waals surface area contributed by atoms with Crippen molar-refractivity contribution in [1.29, 1.82) is 0 Å². The van der Waals surface area contributed by atoms with E-state index in [9.17, 15) is 8.78 Å². The van der Waals surface area contributed by atoms with Crippen LogP contribution in [0.5, 0.6) is 0 Å². The van der Waals surface area contributed by atoms with Crippen molar-refractivity contribution in [2.24, 2.45) is 0 Å². The van der Waals surface area contributed by atoms with E-state index in [0.29, 0.717) is 22.8 Å². The molecule has 0 atom stereocenters. The molecule has 2 heterocycles. The van der Waals surface area contributed by atoms with E-state index < -0.39 is 11.6 Å². The Morgan fingerprint density at radius 2 is 1.76 bits per heavy atom. The van der Waals surface area contributed by atoms with Crippen LogP contribution in [0.4, 0.5) is 20.3 Å². The molecule has 1 aliphatic heterocycles. The molecule has 6 heteroatoms. The molecule has 0 amide bonds. The first kappa shape index (κ1) is 13.7. The maximum absolute atomic E-state index is 13.4. The molecule has 1 saturated heterocycles. The highest BCUT2D eigenvalue weighted by Gasteiger charge is 2.18. The third kappa shape index (κ3) is 2.66. The van der Waals surface area contributed by atoms with Gasteiger partial charge in [0, 0.05) is 18.7 Å². The Kier molecular flexibility index (Phi) is 3.68. The SMILES string of the molecule is Nc1c(-c2ccc(F)c(F)c2)ncnc1N1CCCCC1. The molecule has 0 spiro atoms. The van der Waals surface area contributed by atoms with E-state index in [2.05, 4.69) is 14.9 Å². The molecule has 2 N–H and O–H groups in total. The summed E-state index contributed by atoms with van der Waals surface area (Å²) in [5.74, 6) is -1.13. The summed E-state index contributed by atoms with van der Waals surface area (Å²) in [5, 5.41) is 0. The van der Waals surface area contributed by atoms with E-state index >= 15 is 0 Å². The van der Waals surface area contributed by atoms with Crippen molar-refractivity contribution in [3.05, 3.63) is 36.2 Å². The lowest BCUT2D eigenvalue weighted by atomic mass is 10.1. The molecule has 21 heavy (non-hydrogen) atoms. The third-order valence-corrected chi connectivity index (χ3v) is 3.71. The fraction of sp³-hybridized carbons (Fsp3) is 0.333. The number of nitrogen functional groups attached to an aromatic ring is 1. The molecule has 2 aromatic rings. The monoisotopic (exact) mass is 290 g/mol. The first-order valence-electron chi connectivity index (χ1n) is 6.97. The van der Waals surface area contributed by atoms with Gasteiger partial charge in [0.25, 0.3) is 0 Å². The minimum Gasteiger partial charge on any atom is -0.394 e. The van der Waals surface area contributed by atoms with Gasteiger partial charge in [-0.25, -0.2) is 18.7 Å². The van der Waals surface area contributed by atoms with Crippen LogP contribution in [0.25, 0.3) is 11.3 Å². The predicted octanol–water partition coefficient (Wildman–Crippen LogP) is 2.99. The topological polar surface area (TPSA) is 55.0 Å². The molecule has 4 nitrogen and oxygen atoms in total. The van der Waals surface area contributed by atoms with Gasteiger partial charge in [0.1, 0.15) is 12.0 Å². The van der Waals surface area contributed by atoms with Gasteiger partial charge in [0.05, 0.1) is 5.69 Å². The standard InChI is InChI=1S/C15H16F2N4/c16-11-5-4-10(8-12(11)17)14-13(18)15(20-9-19-14)21-6-2-1-3-7-21/h4-5,8-9H,1-3,6-7,18H2. The molecule has 0 saturated carbocycles. The van der Waals surface area contributed by atoms with Gasteiger partial charge in [-0.1, -0.05) is 0 Å². The fourth-order valence-corrected chi connectivity index (χ4v) is 2.62. The van der Waals surface area contributed by atoms with E-state index in [0.717, 1.165) is 38.1 Å². The van der Waals surface area contributed by atoms with Crippen LogP contribution < -0.4 is 10.6 Å². The van der Waals surface area contributed by atoms with Crippen molar-refractivity contribution in [2.75, 3.05) is 23.7 Å². The van der Waals surface area contributed by atoms with E-state index in [1.54, 1.807) is 0 Å². The number of nitrogens with two attached hydrogens (primary N) is 1. The molecule has 1 aromatic carbocycles. The highest BCUT2D eigenvalue weighted by Crippen LogP contribution is 2.32. The van der Waals surface area contributed by atoms with Gasteiger partial charge < -0.3 is 10.6 Å². The van der Waals surface area contributed by atoms with Crippen LogP contribution in [-0.4, -0.2) is 23.1 Å². The molecular weight excluding hydrogens is 274 g/mol. The molecular formula is C15H16F2N4. The summed E-state index contributed by atoms with van der Waals surface area (Å²) in [4.78, 5) is 10.5. The normalized spacial score (nSPS) is 15.2. The maximum atomic E-state index is 13.4. The van der Waals surface area contributed by atoms with Gasteiger partial charge >= 0.3 is 0 Å². The second-order valence-corrected chi connectivity index (χ2v) is 5.14. The summed E-state index contributed by atoms with van der Waals surface area (Å²) < 4.78 is 26.4. The molecule has 1 aromatic heterocycles. The molecule has 0 unspecified atom stereocenters. The Morgan fingerprint density at radius 1 is 1.00 bits per heavy atom. The quantitative estimate of drug-likeness (QED) is 0.923. The zero-order chi connectivity index (χ0) is 14.8. The first-order chi connectivity index (χ1) is 10.2. The highest BCUT2D eigenvalue weighted by molar-refractivity contribution is 5.80. The van der Waals surface area contributed by atoms with Crippen molar-refractivity contribution < 1.29 is 8.78 Å². The predicted molar refractivity (Wildman–Crippen MR) is 77.9 cm³/mol. The van der Waals surface area contributed by atoms with Gasteiger partial charge in [0.2, 0.25) is 0 Å². The fourth-order valence-electron chi connectivity index (χ4n) is 2.62. The van der Waals surface area contributed by atoms with Gasteiger partial charge in [-0.2, -0.15) is 0 Å². The number of halogens is 2. The van der Waals surface area contributed by atoms with Crippen LogP contribution in [0.3, 0.4) is 0 Å². The lowest BCUT2D eigenvalue weighted by molar-refractivity contribution is 0.509. The Balaban J connectivity index is 2.01. The Hall–Kier alpha value is -2.24. The molecule has 110 valence electrons. The highest BCUT2D eigenvalue weighted by atomic mass is 19.2. The Labute approximate surface area is 121 Å². The largest absolute Gasteiger partial charge is 0.394 e. The second kappa shape index (κ2) is 5.63. The van der Waals surface area contributed by atoms with Gasteiger partial charge in [-0.05, 0) is 37.5 Å². The lowest BCUT2D eigenvalue weighted by Gasteiger charge is -2.28. The van der Waals surface area contributed by atoms with Crippen molar-refractivity contribution in [3.63, 3.8) is 0 Å². The number of piperidine rings is 1. The number of hydrogen-bond acceptors (Lipinski definition) is 4. The number of benzene rings is 1. The van der Waals surface area contributed by atoms with Crippen molar-refractivity contribution >= 4 is 11.5 Å². The Morgan fingerprint density at radius 3 is 2.48 bits per heavy atom. The van der Waals surface area contributed by atoms with Crippen molar-refractivity contribution in [2.45, 2.75) is 19.3 Å². The average molecular weight is 290 g/mol. The van der Waals surface area contributed by atoms with Crippen LogP contribution >= 0.6 is 0 Å². The number of aromatic nitrogens is 2. The second-order valence-electron chi connectivity index (χ2n) is 5.14.